The fourth-order valence-electron chi connectivity index (χ4n) is 1.63. The van der Waals surface area contributed by atoms with Crippen LogP contribution in [0.25, 0.3) is 0 Å². The van der Waals surface area contributed by atoms with E-state index in [0.717, 1.165) is 12.2 Å². The fraction of sp³-hybridized carbons (Fsp3) is 0.615. The van der Waals surface area contributed by atoms with Crippen LogP contribution in [0.4, 0.5) is 0 Å². The monoisotopic (exact) mass is 266 g/mol. The van der Waals surface area contributed by atoms with E-state index in [1.807, 2.05) is 13.8 Å². The lowest BCUT2D eigenvalue weighted by molar-refractivity contribution is 0.0951. The minimum Gasteiger partial charge on any atom is -0.383 e. The van der Waals surface area contributed by atoms with Crippen molar-refractivity contribution in [1.29, 1.82) is 0 Å². The standard InChI is InChI=1S/C13H22N4O2/c1-10(2)12-11(8-15-9-17-12)13(18)16-5-4-14-6-7-19-3/h8-10,14H,4-7H2,1-3H3,(H,16,18). The summed E-state index contributed by atoms with van der Waals surface area (Å²) in [4.78, 5) is 20.1. The van der Waals surface area contributed by atoms with Gasteiger partial charge in [-0.25, -0.2) is 9.97 Å². The molecule has 0 spiro atoms. The van der Waals surface area contributed by atoms with Crippen LogP contribution >= 0.6 is 0 Å². The van der Waals surface area contributed by atoms with E-state index in [2.05, 4.69) is 20.6 Å². The van der Waals surface area contributed by atoms with Gasteiger partial charge in [0.1, 0.15) is 6.33 Å². The van der Waals surface area contributed by atoms with E-state index in [4.69, 9.17) is 4.74 Å². The fourth-order valence-corrected chi connectivity index (χ4v) is 1.63. The molecule has 0 unspecified atom stereocenters. The van der Waals surface area contributed by atoms with Crippen molar-refractivity contribution >= 4 is 5.91 Å². The van der Waals surface area contributed by atoms with Crippen molar-refractivity contribution in [2.75, 3.05) is 33.4 Å². The molecule has 0 fully saturated rings. The van der Waals surface area contributed by atoms with Crippen LogP contribution in [-0.2, 0) is 4.74 Å². The van der Waals surface area contributed by atoms with Gasteiger partial charge in [0.25, 0.3) is 5.91 Å². The van der Waals surface area contributed by atoms with E-state index in [1.54, 1.807) is 13.3 Å². The van der Waals surface area contributed by atoms with Crippen molar-refractivity contribution in [3.8, 4) is 0 Å². The summed E-state index contributed by atoms with van der Waals surface area (Å²) in [6.45, 7) is 6.72. The molecule has 0 aliphatic rings. The molecule has 0 radical (unpaired) electrons. The molecule has 0 aliphatic carbocycles. The minimum atomic E-state index is -0.127. The maximum atomic E-state index is 12.0. The number of ether oxygens (including phenoxy) is 1. The molecule has 1 aromatic rings. The number of nitrogens with one attached hydrogen (secondary N) is 2. The third kappa shape index (κ3) is 5.32. The van der Waals surface area contributed by atoms with Crippen molar-refractivity contribution < 1.29 is 9.53 Å². The Morgan fingerprint density at radius 2 is 2.16 bits per heavy atom. The predicted octanol–water partition coefficient (Wildman–Crippen LogP) is 0.566. The first-order chi connectivity index (χ1) is 9.16. The zero-order valence-electron chi connectivity index (χ0n) is 11.8. The van der Waals surface area contributed by atoms with Gasteiger partial charge in [0.05, 0.1) is 17.9 Å². The lowest BCUT2D eigenvalue weighted by Gasteiger charge is -2.11. The quantitative estimate of drug-likeness (QED) is 0.673. The molecule has 0 saturated heterocycles. The predicted molar refractivity (Wildman–Crippen MR) is 73.2 cm³/mol. The number of carbonyl (C=O) groups excluding carboxylic acids is 1. The second-order valence-corrected chi connectivity index (χ2v) is 4.48. The van der Waals surface area contributed by atoms with E-state index in [9.17, 15) is 4.79 Å². The molecular formula is C13H22N4O2. The second kappa shape index (κ2) is 8.55. The second-order valence-electron chi connectivity index (χ2n) is 4.48. The summed E-state index contributed by atoms with van der Waals surface area (Å²) in [5.74, 6) is 0.0708. The van der Waals surface area contributed by atoms with Crippen molar-refractivity contribution in [2.45, 2.75) is 19.8 Å². The Hall–Kier alpha value is -1.53. The molecule has 0 aliphatic heterocycles. The normalized spacial score (nSPS) is 10.7. The Bertz CT molecular complexity index is 396. The zero-order chi connectivity index (χ0) is 14.1. The molecule has 1 aromatic heterocycles. The van der Waals surface area contributed by atoms with E-state index in [-0.39, 0.29) is 11.8 Å². The molecule has 6 heteroatoms. The Kier molecular flexibility index (Phi) is 6.99. The van der Waals surface area contributed by atoms with Gasteiger partial charge in [0.15, 0.2) is 0 Å². The summed E-state index contributed by atoms with van der Waals surface area (Å²) in [5.41, 5.74) is 1.33. The van der Waals surface area contributed by atoms with Crippen molar-refractivity contribution in [1.82, 2.24) is 20.6 Å². The molecule has 0 atom stereocenters. The highest BCUT2D eigenvalue weighted by Gasteiger charge is 2.14. The first-order valence-corrected chi connectivity index (χ1v) is 6.44. The molecule has 6 nitrogen and oxygen atoms in total. The van der Waals surface area contributed by atoms with Gasteiger partial charge >= 0.3 is 0 Å². The number of carbonyl (C=O) groups is 1. The molecule has 1 rings (SSSR count). The molecule has 0 bridgehead atoms. The number of aromatic nitrogens is 2. The Balaban J connectivity index is 2.41. The highest BCUT2D eigenvalue weighted by Crippen LogP contribution is 2.14. The van der Waals surface area contributed by atoms with Crippen molar-refractivity contribution in [2.24, 2.45) is 0 Å². The number of nitrogens with zero attached hydrogens (tertiary/aromatic N) is 2. The molecule has 0 aromatic carbocycles. The number of hydrogen-bond donors (Lipinski definition) is 2. The summed E-state index contributed by atoms with van der Waals surface area (Å²) in [6, 6.07) is 0. The first kappa shape index (κ1) is 15.5. The zero-order valence-corrected chi connectivity index (χ0v) is 11.8. The summed E-state index contributed by atoms with van der Waals surface area (Å²) in [7, 11) is 1.66. The Labute approximate surface area is 114 Å². The van der Waals surface area contributed by atoms with Gasteiger partial charge in [-0.2, -0.15) is 0 Å². The van der Waals surface area contributed by atoms with E-state index in [0.29, 0.717) is 25.3 Å². The van der Waals surface area contributed by atoms with E-state index in [1.165, 1.54) is 6.33 Å². The van der Waals surface area contributed by atoms with Gasteiger partial charge in [0.2, 0.25) is 0 Å². The Morgan fingerprint density at radius 1 is 1.37 bits per heavy atom. The summed E-state index contributed by atoms with van der Waals surface area (Å²) in [5, 5.41) is 6.01. The lowest BCUT2D eigenvalue weighted by Crippen LogP contribution is -2.33. The molecule has 0 saturated carbocycles. The molecule has 1 heterocycles. The van der Waals surface area contributed by atoms with Gasteiger partial charge in [0, 0.05) is 32.9 Å². The Morgan fingerprint density at radius 3 is 2.84 bits per heavy atom. The van der Waals surface area contributed by atoms with Crippen LogP contribution in [0.15, 0.2) is 12.5 Å². The smallest absolute Gasteiger partial charge is 0.254 e. The van der Waals surface area contributed by atoms with Gasteiger partial charge in [-0.1, -0.05) is 13.8 Å². The molecule has 106 valence electrons. The number of rotatable bonds is 8. The maximum Gasteiger partial charge on any atom is 0.254 e. The van der Waals surface area contributed by atoms with Crippen molar-refractivity contribution in [3.63, 3.8) is 0 Å². The number of amides is 1. The maximum absolute atomic E-state index is 12.0. The molecule has 1 amide bonds. The van der Waals surface area contributed by atoms with Crippen LogP contribution < -0.4 is 10.6 Å². The van der Waals surface area contributed by atoms with Crippen LogP contribution in [-0.4, -0.2) is 49.2 Å². The summed E-state index contributed by atoms with van der Waals surface area (Å²) < 4.78 is 4.91. The lowest BCUT2D eigenvalue weighted by atomic mass is 10.0. The van der Waals surface area contributed by atoms with Crippen LogP contribution in [0.2, 0.25) is 0 Å². The van der Waals surface area contributed by atoms with Gasteiger partial charge in [-0.15, -0.1) is 0 Å². The largest absolute Gasteiger partial charge is 0.383 e. The summed E-state index contributed by atoms with van der Waals surface area (Å²) >= 11 is 0. The topological polar surface area (TPSA) is 76.1 Å². The van der Waals surface area contributed by atoms with Crippen LogP contribution in [0.1, 0.15) is 35.8 Å². The van der Waals surface area contributed by atoms with Crippen LogP contribution in [0.3, 0.4) is 0 Å². The SMILES string of the molecule is COCCNCCNC(=O)c1cncnc1C(C)C. The highest BCUT2D eigenvalue weighted by molar-refractivity contribution is 5.95. The number of methoxy groups -OCH3 is 1. The van der Waals surface area contributed by atoms with Gasteiger partial charge in [-0.05, 0) is 5.92 Å². The molecule has 19 heavy (non-hydrogen) atoms. The molecule has 2 N–H and O–H groups in total. The van der Waals surface area contributed by atoms with Crippen LogP contribution in [0.5, 0.6) is 0 Å². The molecular weight excluding hydrogens is 244 g/mol. The van der Waals surface area contributed by atoms with E-state index >= 15 is 0 Å². The average molecular weight is 266 g/mol. The first-order valence-electron chi connectivity index (χ1n) is 6.44. The van der Waals surface area contributed by atoms with Crippen molar-refractivity contribution in [3.05, 3.63) is 23.8 Å². The number of hydrogen-bond acceptors (Lipinski definition) is 5. The third-order valence-electron chi connectivity index (χ3n) is 2.60. The van der Waals surface area contributed by atoms with E-state index < -0.39 is 0 Å². The van der Waals surface area contributed by atoms with Gasteiger partial charge < -0.3 is 15.4 Å². The third-order valence-corrected chi connectivity index (χ3v) is 2.60. The highest BCUT2D eigenvalue weighted by atomic mass is 16.5. The van der Waals surface area contributed by atoms with Gasteiger partial charge in [-0.3, -0.25) is 4.79 Å². The minimum absolute atomic E-state index is 0.127. The van der Waals surface area contributed by atoms with Crippen LogP contribution in [0, 0.1) is 0 Å². The summed E-state index contributed by atoms with van der Waals surface area (Å²) in [6.07, 6.45) is 3.04. The average Bonchev–Trinajstić information content (AvgIpc) is 2.42.